The van der Waals surface area contributed by atoms with Gasteiger partial charge in [-0.1, -0.05) is 19.9 Å². The first-order valence-electron chi connectivity index (χ1n) is 12.1. The summed E-state index contributed by atoms with van der Waals surface area (Å²) in [4.78, 5) is 24.2. The van der Waals surface area contributed by atoms with Crippen LogP contribution in [0.2, 0.25) is 0 Å². The Balaban J connectivity index is 1.60. The smallest absolute Gasteiger partial charge is 0.433 e. The Morgan fingerprint density at radius 3 is 2.46 bits per heavy atom. The van der Waals surface area contributed by atoms with Gasteiger partial charge in [-0.15, -0.1) is 11.3 Å². The van der Waals surface area contributed by atoms with Gasteiger partial charge in [0.2, 0.25) is 5.95 Å². The number of thiazole rings is 1. The van der Waals surface area contributed by atoms with E-state index in [-0.39, 0.29) is 23.7 Å². The number of carboxylic acid groups (broad SMARTS) is 1. The van der Waals surface area contributed by atoms with E-state index >= 15 is 0 Å². The first kappa shape index (κ1) is 27.0. The van der Waals surface area contributed by atoms with Crippen molar-refractivity contribution in [3.63, 3.8) is 0 Å². The minimum Gasteiger partial charge on any atom is -0.481 e. The fourth-order valence-corrected chi connectivity index (χ4v) is 6.19. The maximum absolute atomic E-state index is 13.0. The maximum Gasteiger partial charge on any atom is 0.433 e. The number of aliphatic carboxylic acids is 1. The molecule has 1 saturated carbocycles. The molecule has 1 fully saturated rings. The number of benzene rings is 1. The zero-order chi connectivity index (χ0) is 27.0. The largest absolute Gasteiger partial charge is 0.481 e. The fraction of sp³-hybridized carbons (Fsp3) is 0.462. The number of carboxylic acids is 1. The van der Waals surface area contributed by atoms with Crippen LogP contribution in [-0.2, 0) is 16.6 Å². The zero-order valence-electron chi connectivity index (χ0n) is 20.7. The first-order valence-corrected chi connectivity index (χ1v) is 12.9. The topological polar surface area (TPSA) is 108 Å². The molecule has 1 aliphatic rings. The van der Waals surface area contributed by atoms with Crippen molar-refractivity contribution in [2.45, 2.75) is 58.2 Å². The second-order valence-electron chi connectivity index (χ2n) is 9.87. The molecule has 3 N–H and O–H groups in total. The summed E-state index contributed by atoms with van der Waals surface area (Å²) in [6.07, 6.45) is 0.439. The average molecular weight is 535 g/mol. The first-order chi connectivity index (χ1) is 17.4. The van der Waals surface area contributed by atoms with Crippen molar-refractivity contribution in [3.8, 4) is 10.4 Å². The Hall–Kier alpha value is -3.05. The number of aryl methyl sites for hydroxylation is 1. The van der Waals surface area contributed by atoms with E-state index in [9.17, 15) is 28.2 Å². The second kappa shape index (κ2) is 10.4. The summed E-state index contributed by atoms with van der Waals surface area (Å²) in [5.74, 6) is -1.57. The normalized spacial score (nSPS) is 20.0. The lowest BCUT2D eigenvalue weighted by atomic mass is 9.69. The van der Waals surface area contributed by atoms with Crippen molar-refractivity contribution < 1.29 is 28.2 Å². The Morgan fingerprint density at radius 2 is 1.84 bits per heavy atom. The third-order valence-electron chi connectivity index (χ3n) is 6.99. The van der Waals surface area contributed by atoms with E-state index in [1.807, 2.05) is 26.8 Å². The highest BCUT2D eigenvalue weighted by Gasteiger charge is 2.45. The Bertz CT molecular complexity index is 1270. The van der Waals surface area contributed by atoms with Gasteiger partial charge in [-0.05, 0) is 73.8 Å². The minimum absolute atomic E-state index is 0.102. The quantitative estimate of drug-likeness (QED) is 0.322. The second-order valence-corrected chi connectivity index (χ2v) is 10.9. The molecule has 0 saturated heterocycles. The number of hydrogen-bond acceptors (Lipinski definition) is 7. The molecule has 0 spiro atoms. The Labute approximate surface area is 216 Å². The molecule has 1 aromatic carbocycles. The monoisotopic (exact) mass is 534 g/mol. The fourth-order valence-electron chi connectivity index (χ4n) is 4.97. The van der Waals surface area contributed by atoms with Gasteiger partial charge in [-0.2, -0.15) is 13.2 Å². The predicted octanol–water partition coefficient (Wildman–Crippen LogP) is 6.41. The van der Waals surface area contributed by atoms with E-state index in [4.69, 9.17) is 0 Å². The van der Waals surface area contributed by atoms with Crippen LogP contribution in [0.25, 0.3) is 10.4 Å². The molecule has 3 aromatic rings. The van der Waals surface area contributed by atoms with Gasteiger partial charge < -0.3 is 15.5 Å². The SMILES string of the molecule is Cc1cc(Nc2nccc(C(F)(F)F)n2)cc(-c2cnc(C(O)(C(C)C)C3CCC(C(=O)O)CC3)s2)c1. The standard InChI is InChI=1S/C26H29F3N4O3S/c1-14(2)25(36,18-6-4-16(5-7-18)22(34)35)23-31-13-20(37-23)17-10-15(3)11-19(12-17)32-24-30-9-8-21(33-24)26(27,28)29/h8-14,16,18,36H,4-7H2,1-3H3,(H,34,35)(H,30,32,33). The minimum atomic E-state index is -4.57. The molecule has 2 aromatic heterocycles. The highest BCUT2D eigenvalue weighted by atomic mass is 32.1. The number of aliphatic hydroxyl groups is 1. The molecule has 198 valence electrons. The van der Waals surface area contributed by atoms with Crippen molar-refractivity contribution in [3.05, 3.63) is 52.9 Å². The molecule has 1 atom stereocenters. The number of nitrogens with one attached hydrogen (secondary N) is 1. The summed E-state index contributed by atoms with van der Waals surface area (Å²) in [6.45, 7) is 5.75. The number of carbonyl (C=O) groups is 1. The van der Waals surface area contributed by atoms with E-state index in [1.54, 1.807) is 18.3 Å². The van der Waals surface area contributed by atoms with Crippen molar-refractivity contribution in [2.75, 3.05) is 5.32 Å². The van der Waals surface area contributed by atoms with E-state index in [0.29, 0.717) is 36.4 Å². The lowest BCUT2D eigenvalue weighted by Crippen LogP contribution is -2.42. The summed E-state index contributed by atoms with van der Waals surface area (Å²) >= 11 is 1.37. The Morgan fingerprint density at radius 1 is 1.14 bits per heavy atom. The van der Waals surface area contributed by atoms with Crippen molar-refractivity contribution in [2.24, 2.45) is 17.8 Å². The van der Waals surface area contributed by atoms with Gasteiger partial charge in [-0.3, -0.25) is 4.79 Å². The summed E-state index contributed by atoms with van der Waals surface area (Å²) in [7, 11) is 0. The highest BCUT2D eigenvalue weighted by Crippen LogP contribution is 2.47. The molecular formula is C26H29F3N4O3S. The van der Waals surface area contributed by atoms with Gasteiger partial charge in [0.15, 0.2) is 0 Å². The van der Waals surface area contributed by atoms with Crippen LogP contribution in [0.15, 0.2) is 36.7 Å². The molecule has 1 aliphatic carbocycles. The van der Waals surface area contributed by atoms with Gasteiger partial charge in [0.1, 0.15) is 16.3 Å². The van der Waals surface area contributed by atoms with Gasteiger partial charge >= 0.3 is 12.1 Å². The molecule has 37 heavy (non-hydrogen) atoms. The molecule has 0 amide bonds. The molecule has 7 nitrogen and oxygen atoms in total. The molecule has 11 heteroatoms. The third-order valence-corrected chi connectivity index (χ3v) is 8.18. The third kappa shape index (κ3) is 5.77. The van der Waals surface area contributed by atoms with Crippen molar-refractivity contribution in [1.29, 1.82) is 0 Å². The molecule has 2 heterocycles. The number of hydrogen-bond donors (Lipinski definition) is 3. The Kier molecular flexibility index (Phi) is 7.57. The average Bonchev–Trinajstić information content (AvgIpc) is 3.34. The van der Waals surface area contributed by atoms with Crippen LogP contribution in [-0.4, -0.2) is 31.1 Å². The van der Waals surface area contributed by atoms with Crippen LogP contribution in [0, 0.1) is 24.7 Å². The number of anilines is 2. The highest BCUT2D eigenvalue weighted by molar-refractivity contribution is 7.15. The van der Waals surface area contributed by atoms with Crippen LogP contribution < -0.4 is 5.32 Å². The molecule has 0 aliphatic heterocycles. The predicted molar refractivity (Wildman–Crippen MR) is 134 cm³/mol. The number of nitrogens with zero attached hydrogens (tertiary/aromatic N) is 3. The van der Waals surface area contributed by atoms with Crippen molar-refractivity contribution >= 4 is 28.9 Å². The summed E-state index contributed by atoms with van der Waals surface area (Å²) in [6, 6.07) is 6.30. The zero-order valence-corrected chi connectivity index (χ0v) is 21.5. The number of alkyl halides is 3. The van der Waals surface area contributed by atoms with Gasteiger partial charge in [0, 0.05) is 18.1 Å². The van der Waals surface area contributed by atoms with E-state index in [0.717, 1.165) is 28.3 Å². The van der Waals surface area contributed by atoms with Crippen LogP contribution in [0.4, 0.5) is 24.8 Å². The van der Waals surface area contributed by atoms with E-state index < -0.39 is 23.4 Å². The van der Waals surface area contributed by atoms with Crippen LogP contribution in [0.3, 0.4) is 0 Å². The van der Waals surface area contributed by atoms with Crippen LogP contribution in [0.1, 0.15) is 55.8 Å². The number of aromatic nitrogens is 3. The summed E-state index contributed by atoms with van der Waals surface area (Å²) < 4.78 is 39.1. The van der Waals surface area contributed by atoms with Gasteiger partial charge in [-0.25, -0.2) is 15.0 Å². The lowest BCUT2D eigenvalue weighted by molar-refractivity contribution is -0.145. The van der Waals surface area contributed by atoms with E-state index in [2.05, 4.69) is 20.3 Å². The molecule has 0 bridgehead atoms. The van der Waals surface area contributed by atoms with Crippen molar-refractivity contribution in [1.82, 2.24) is 15.0 Å². The summed E-state index contributed by atoms with van der Waals surface area (Å²) in [5, 5.41) is 24.6. The van der Waals surface area contributed by atoms with Crippen LogP contribution in [0.5, 0.6) is 0 Å². The molecular weight excluding hydrogens is 505 g/mol. The van der Waals surface area contributed by atoms with Gasteiger partial charge in [0.05, 0.1) is 10.8 Å². The molecule has 4 rings (SSSR count). The van der Waals surface area contributed by atoms with Crippen LogP contribution >= 0.6 is 11.3 Å². The lowest BCUT2D eigenvalue weighted by Gasteiger charge is -2.41. The molecule has 0 radical (unpaired) electrons. The number of halogens is 3. The summed E-state index contributed by atoms with van der Waals surface area (Å²) in [5.41, 5.74) is -0.0407. The van der Waals surface area contributed by atoms with Gasteiger partial charge in [0.25, 0.3) is 0 Å². The molecule has 1 unspecified atom stereocenters. The van der Waals surface area contributed by atoms with E-state index in [1.165, 1.54) is 11.3 Å². The number of rotatable bonds is 7. The maximum atomic E-state index is 13.0.